The minimum absolute atomic E-state index is 0. The molecular formula is C117H239Br2Cl3CuIMgN6O18. The molecule has 3 aliphatic rings. The van der Waals surface area contributed by atoms with Gasteiger partial charge in [-0.3, -0.25) is 4.90 Å². The summed E-state index contributed by atoms with van der Waals surface area (Å²) in [6.07, 6.45) is 81.8. The first-order valence-corrected chi connectivity index (χ1v) is 63.7. The molecule has 32 heteroatoms. The number of alkyl carbamates (subject to hydrolysis) is 3. The van der Waals surface area contributed by atoms with Crippen molar-refractivity contribution >= 4 is 131 Å². The number of rotatable bonds is 83. The van der Waals surface area contributed by atoms with Gasteiger partial charge in [0, 0.05) is 24.3 Å². The quantitative estimate of drug-likeness (QED) is 0.00399. The van der Waals surface area contributed by atoms with E-state index in [4.69, 9.17) is 72.9 Å². The number of carbonyl (C=O) groups is 6. The zero-order valence-corrected chi connectivity index (χ0v) is 108. The topological polar surface area (TPSA) is 358 Å². The first-order valence-electron chi connectivity index (χ1n) is 58.5. The maximum atomic E-state index is 12.3. The van der Waals surface area contributed by atoms with E-state index in [0.717, 1.165) is 103 Å². The Morgan fingerprint density at radius 2 is 0.617 bits per heavy atom. The van der Waals surface area contributed by atoms with Crippen LogP contribution >= 0.6 is 71.9 Å². The molecule has 3 amide bonds. The number of methoxy groups -OCH3 is 2. The standard InChI is InChI=1S/C36H72N2O6.C12H25ClO.C12H24N2O4.2C12H24O.C11H22N2O4.C9H19Br.C9H19.C3H5ClO.CH4.BrH.ClH.Cu.HI.Mg/c1-7-9-11-13-15-17-19-21-25-31(39)29-38(30-32(40)26-22-20-18-16-14-12-10-8-2)28-24-23-27-33(34(41)43-6)37-35(42)44-36(3,4)5;1-2-3-4-5-6-7-8-9-10-12(14)11-13;1-12(2,3)18-11(16)14-9(10(15)17-4)7-5-6-8-13;2*1-2-3-4-5-6-7-8-9-10-12-11-13-12;1-11(2,3)17-10(16)13-8(9(14)15)6-4-5-7-12;1-2-3-4-5-6-7-8-9-10;1-3-5-7-9-8-6-4-2;4-1-3-2-5-3;;;;;;/h31-33,39-40H,7-30H2,1-6H3,(H,37,42);12,14H,2-11H2,1H3;9H,5-8,13H2,1-4H3,(H,14,16);2*12H,2-11H2,1H3;8H,4-7,12H2,1-3H3,(H,13,16)(H,14,15);2-9H2,1H3;1,3-9H2,2H3;3H,1-2H2;1H4;2*1H;;1H;/q;;;;;;;-1;;;;;+1;;+2/p-2/t31-,32-,33-;12-;9-;2*12-;8-;;;3-;;;;;;/m000001..1....../s1. The number of halogens is 6. The van der Waals surface area contributed by atoms with Gasteiger partial charge in [-0.15, -0.1) is 35.6 Å². The molecule has 0 radical (unpaired) electrons. The van der Waals surface area contributed by atoms with Crippen molar-refractivity contribution in [3.63, 3.8) is 0 Å². The number of aliphatic carboxylic acids is 1. The fraction of sp³-hybridized carbons (Fsp3) is 0.940. The van der Waals surface area contributed by atoms with E-state index in [2.05, 4.69) is 110 Å². The van der Waals surface area contributed by atoms with Gasteiger partial charge in [-0.25, -0.2) is 28.8 Å². The molecule has 9 atom stereocenters. The summed E-state index contributed by atoms with van der Waals surface area (Å²) in [5, 5.41) is 48.4. The van der Waals surface area contributed by atoms with Crippen LogP contribution < -0.4 is 44.4 Å². The predicted octanol–water partition coefficient (Wildman–Crippen LogP) is 29.4. The third-order valence-electron chi connectivity index (χ3n) is 24.2. The van der Waals surface area contributed by atoms with Crippen molar-refractivity contribution < 1.29 is 117 Å². The summed E-state index contributed by atoms with van der Waals surface area (Å²) in [6.45, 7) is 41.2. The first kappa shape index (κ1) is 171. The van der Waals surface area contributed by atoms with Gasteiger partial charge in [0.25, 0.3) is 0 Å². The Labute approximate surface area is 988 Å². The second kappa shape index (κ2) is 131. The summed E-state index contributed by atoms with van der Waals surface area (Å²) in [5.41, 5.74) is 8.81. The van der Waals surface area contributed by atoms with Crippen molar-refractivity contribution in [1.29, 1.82) is 0 Å². The van der Waals surface area contributed by atoms with Gasteiger partial charge in [0.05, 0.1) is 76.5 Å². The number of hydrogen-bond donors (Lipinski definition) is 9. The Bertz CT molecular complexity index is 2630. The number of aliphatic hydroxyl groups excluding tert-OH is 3. The van der Waals surface area contributed by atoms with Crippen LogP contribution in [0.3, 0.4) is 0 Å². The molecule has 3 saturated heterocycles. The maximum absolute atomic E-state index is 12.3. The molecule has 900 valence electrons. The van der Waals surface area contributed by atoms with Gasteiger partial charge >= 0.3 is 92.3 Å². The zero-order chi connectivity index (χ0) is 110. The van der Waals surface area contributed by atoms with Crippen LogP contribution in [0.25, 0.3) is 0 Å². The van der Waals surface area contributed by atoms with Crippen molar-refractivity contribution in [2.24, 2.45) is 11.5 Å². The normalized spacial score (nSPS) is 14.4. The van der Waals surface area contributed by atoms with Crippen molar-refractivity contribution in [1.82, 2.24) is 20.9 Å². The van der Waals surface area contributed by atoms with Gasteiger partial charge in [0.15, 0.2) is 0 Å². The second-order valence-corrected chi connectivity index (χ2v) is 44.1. The van der Waals surface area contributed by atoms with Gasteiger partial charge < -0.3 is 110 Å². The van der Waals surface area contributed by atoms with Gasteiger partial charge in [0.1, 0.15) is 34.9 Å². The Morgan fingerprint density at radius 1 is 0.389 bits per heavy atom. The Morgan fingerprint density at radius 3 is 0.839 bits per heavy atom. The zero-order valence-electron chi connectivity index (χ0n) is 98.2. The molecule has 0 saturated carbocycles. The first-order chi connectivity index (χ1) is 69.5. The van der Waals surface area contributed by atoms with Gasteiger partial charge in [-0.2, -0.15) is 6.42 Å². The van der Waals surface area contributed by atoms with E-state index in [1.807, 2.05) is 0 Å². The number of unbranched alkanes of at least 4 members (excludes halogenated alkanes) is 50. The summed E-state index contributed by atoms with van der Waals surface area (Å²) in [7, 11) is 2.60. The molecule has 0 aromatic carbocycles. The molecule has 0 aromatic rings. The van der Waals surface area contributed by atoms with Crippen LogP contribution in [0.15, 0.2) is 0 Å². The molecule has 0 spiro atoms. The van der Waals surface area contributed by atoms with E-state index < -0.39 is 83.3 Å². The number of amides is 3. The summed E-state index contributed by atoms with van der Waals surface area (Å²) >= 11 is 20.1. The van der Waals surface area contributed by atoms with Crippen molar-refractivity contribution in [2.75, 3.05) is 83.9 Å². The van der Waals surface area contributed by atoms with E-state index >= 15 is 0 Å². The van der Waals surface area contributed by atoms with Gasteiger partial charge in [0.2, 0.25) is 0 Å². The number of nitrogens with two attached hydrogens (primary N) is 2. The number of carbonyl (C=O) groups excluding carboxylic acids is 5. The Kier molecular flexibility index (Phi) is 151. The van der Waals surface area contributed by atoms with Crippen molar-refractivity contribution in [3.05, 3.63) is 6.92 Å². The molecular weight excluding hydrogens is 2260 g/mol. The van der Waals surface area contributed by atoms with Crippen molar-refractivity contribution in [3.8, 4) is 0 Å². The van der Waals surface area contributed by atoms with Crippen LogP contribution in [-0.2, 0) is 65.0 Å². The van der Waals surface area contributed by atoms with Gasteiger partial charge in [-0.1, -0.05) is 406 Å². The molecule has 0 aliphatic carbocycles. The number of carboxylic acid groups (broad SMARTS) is 1. The third kappa shape index (κ3) is 152. The van der Waals surface area contributed by atoms with Crippen molar-refractivity contribution in [2.45, 2.75) is 626 Å². The molecule has 0 bridgehead atoms. The fourth-order valence-electron chi connectivity index (χ4n) is 15.4. The van der Waals surface area contributed by atoms with E-state index in [1.54, 1.807) is 82.7 Å². The summed E-state index contributed by atoms with van der Waals surface area (Å²) in [6, 6.07) is -2.38. The van der Waals surface area contributed by atoms with Crippen LogP contribution in [0.4, 0.5) is 14.4 Å². The van der Waals surface area contributed by atoms with Crippen LogP contribution in [0.2, 0.25) is 0 Å². The minimum Gasteiger partial charge on any atom is 2.00 e. The number of aliphatic hydroxyl groups is 3. The van der Waals surface area contributed by atoms with Crippen LogP contribution in [0, 0.1) is 6.92 Å². The summed E-state index contributed by atoms with van der Waals surface area (Å²) in [5.74, 6) is -0.976. The number of esters is 2. The SMILES string of the molecule is C.CC(C)(C)OC(=O)N[C@H](CCCCN)C(=O)O.CCCCCCCCCBr.CCCCCCCCCC[C@H](O)CCl.CCCCCCCCCC[C@H](O)CN(CCCC[C@H](NC(=O)OC(C)(C)C)C(=O)OC)C[C@@H](O)CCCCCCCCCC.CCCCCCCCCC[C@H]1CO1.CCCCCCCCCC[C@H]1CO1.COC(=O)[C@H](CCCCN)NC(=O)OC(C)(C)C.Cl.ClC[C@@H]1CO1.[Br-].[CH2-]CCCCCCCC.[Cu][I].[Mg+2]. The van der Waals surface area contributed by atoms with Crippen LogP contribution in [-0.4, -0.2) is 240 Å². The smallest absolute Gasteiger partial charge is 2.00 e. The van der Waals surface area contributed by atoms with Gasteiger partial charge in [-0.05, 0) is 178 Å². The number of epoxide rings is 3. The van der Waals surface area contributed by atoms with E-state index in [9.17, 15) is 44.1 Å². The molecule has 3 aliphatic heterocycles. The number of nitrogens with one attached hydrogen (secondary N) is 3. The molecule has 0 aromatic heterocycles. The third-order valence-corrected chi connectivity index (χ3v) is 25.5. The Hall–Kier alpha value is -0.294. The molecule has 0 unspecified atom stereocenters. The molecule has 149 heavy (non-hydrogen) atoms. The molecule has 3 fully saturated rings. The molecule has 24 nitrogen and oxygen atoms in total. The minimum atomic E-state index is -1.06. The summed E-state index contributed by atoms with van der Waals surface area (Å²) < 4.78 is 40.0. The predicted molar refractivity (Wildman–Crippen MR) is 641 cm³/mol. The number of carboxylic acids is 1. The average molecular weight is 2500 g/mol. The monoisotopic (exact) mass is 2490 g/mol. The second-order valence-electron chi connectivity index (χ2n) is 42.7. The average Bonchev–Trinajstić information content (AvgIpc) is 1.89. The largest absolute Gasteiger partial charge is 2.00 e. The number of alkyl halides is 3. The fourth-order valence-corrected chi connectivity index (χ4v) is 16.1. The van der Waals surface area contributed by atoms with E-state index in [1.165, 1.54) is 341 Å². The summed E-state index contributed by atoms with van der Waals surface area (Å²) in [4.78, 5) is 72.0. The van der Waals surface area contributed by atoms with Crippen LogP contribution in [0.5, 0.6) is 0 Å². The van der Waals surface area contributed by atoms with E-state index in [0.29, 0.717) is 94.9 Å². The number of ether oxygens (including phenoxy) is 8. The number of hydrogen-bond acceptors (Lipinski definition) is 20. The molecule has 11 N–H and O–H groups in total. The Balaban J connectivity index is -0.000000170. The molecule has 3 rings (SSSR count). The maximum Gasteiger partial charge on any atom is 2.00 e. The number of nitrogens with zero attached hydrogens (tertiary/aromatic N) is 1. The van der Waals surface area contributed by atoms with E-state index in [-0.39, 0.29) is 66.0 Å². The van der Waals surface area contributed by atoms with Crippen LogP contribution in [0.1, 0.15) is 555 Å². The molecule has 3 heterocycles.